The van der Waals surface area contributed by atoms with Gasteiger partial charge in [0, 0.05) is 17.4 Å². The Hall–Kier alpha value is -2.69. The standard InChI is InChI=1S/C20H16BrN3O4S2/c21-13-7-5-12(6-8-13)11-16-19(28)24(20(29)30-16)10-9-17(26)22-23-18(27)14-3-1-2-4-15(14)25/h1-8,11,25H,9-10H2,(H,22,26)(H,23,27)/b16-11+. The van der Waals surface area contributed by atoms with E-state index in [1.165, 1.54) is 28.8 Å². The van der Waals surface area contributed by atoms with E-state index in [0.29, 0.717) is 9.23 Å². The number of benzene rings is 2. The number of halogens is 1. The van der Waals surface area contributed by atoms with E-state index >= 15 is 0 Å². The summed E-state index contributed by atoms with van der Waals surface area (Å²) in [5, 5.41) is 9.65. The normalized spacial score (nSPS) is 14.8. The third kappa shape index (κ3) is 5.47. The Morgan fingerprint density at radius 1 is 1.13 bits per heavy atom. The van der Waals surface area contributed by atoms with Crippen LogP contribution in [0.15, 0.2) is 57.9 Å². The summed E-state index contributed by atoms with van der Waals surface area (Å²) < 4.78 is 1.31. The average Bonchev–Trinajstić information content (AvgIpc) is 2.99. The molecule has 0 aliphatic carbocycles. The summed E-state index contributed by atoms with van der Waals surface area (Å²) in [6.07, 6.45) is 1.69. The molecular weight excluding hydrogens is 490 g/mol. The van der Waals surface area contributed by atoms with Gasteiger partial charge in [0.15, 0.2) is 0 Å². The summed E-state index contributed by atoms with van der Waals surface area (Å²) in [5.41, 5.74) is 5.39. The number of hydrogen-bond donors (Lipinski definition) is 3. The van der Waals surface area contributed by atoms with Gasteiger partial charge in [-0.25, -0.2) is 0 Å². The molecule has 3 rings (SSSR count). The molecule has 0 aromatic heterocycles. The van der Waals surface area contributed by atoms with Gasteiger partial charge in [0.2, 0.25) is 5.91 Å². The van der Waals surface area contributed by atoms with Crippen LogP contribution in [0, 0.1) is 0 Å². The van der Waals surface area contributed by atoms with Gasteiger partial charge in [0.05, 0.1) is 10.5 Å². The van der Waals surface area contributed by atoms with E-state index in [1.54, 1.807) is 18.2 Å². The van der Waals surface area contributed by atoms with Crippen LogP contribution in [0.25, 0.3) is 6.08 Å². The molecule has 1 heterocycles. The van der Waals surface area contributed by atoms with E-state index in [1.807, 2.05) is 24.3 Å². The van der Waals surface area contributed by atoms with Crippen molar-refractivity contribution >= 4 is 68.0 Å². The molecule has 3 amide bonds. The second-order valence-corrected chi connectivity index (χ2v) is 8.75. The number of carbonyl (C=O) groups excluding carboxylic acids is 3. The molecular formula is C20H16BrN3O4S2. The zero-order chi connectivity index (χ0) is 21.7. The van der Waals surface area contributed by atoms with Crippen LogP contribution >= 0.6 is 39.9 Å². The third-order valence-electron chi connectivity index (χ3n) is 4.07. The van der Waals surface area contributed by atoms with Crippen molar-refractivity contribution in [2.24, 2.45) is 0 Å². The lowest BCUT2D eigenvalue weighted by Crippen LogP contribution is -2.43. The van der Waals surface area contributed by atoms with Crippen molar-refractivity contribution in [3.63, 3.8) is 0 Å². The highest BCUT2D eigenvalue weighted by Crippen LogP contribution is 2.32. The van der Waals surface area contributed by atoms with Crippen molar-refractivity contribution in [1.82, 2.24) is 15.8 Å². The van der Waals surface area contributed by atoms with Gasteiger partial charge in [-0.05, 0) is 35.9 Å². The van der Waals surface area contributed by atoms with Gasteiger partial charge in [0.1, 0.15) is 10.1 Å². The number of amides is 3. The Labute approximate surface area is 190 Å². The number of aromatic hydroxyl groups is 1. The second-order valence-electron chi connectivity index (χ2n) is 6.15. The number of phenols is 1. The number of carbonyl (C=O) groups is 3. The first-order chi connectivity index (χ1) is 14.3. The van der Waals surface area contributed by atoms with Gasteiger partial charge in [-0.3, -0.25) is 30.1 Å². The maximum Gasteiger partial charge on any atom is 0.273 e. The molecule has 0 spiro atoms. The van der Waals surface area contributed by atoms with Crippen molar-refractivity contribution in [3.8, 4) is 5.75 Å². The molecule has 1 aliphatic rings. The smallest absolute Gasteiger partial charge is 0.273 e. The number of thiocarbonyl (C=S) groups is 1. The van der Waals surface area contributed by atoms with Crippen LogP contribution < -0.4 is 10.9 Å². The monoisotopic (exact) mass is 505 g/mol. The Morgan fingerprint density at radius 2 is 1.83 bits per heavy atom. The van der Waals surface area contributed by atoms with Crippen LogP contribution in [0.3, 0.4) is 0 Å². The molecule has 2 aromatic rings. The molecule has 1 saturated heterocycles. The number of rotatable bonds is 5. The van der Waals surface area contributed by atoms with E-state index in [-0.39, 0.29) is 30.2 Å². The van der Waals surface area contributed by atoms with E-state index in [4.69, 9.17) is 12.2 Å². The highest BCUT2D eigenvalue weighted by molar-refractivity contribution is 9.10. The van der Waals surface area contributed by atoms with Gasteiger partial charge in [0.25, 0.3) is 11.8 Å². The molecule has 3 N–H and O–H groups in total. The van der Waals surface area contributed by atoms with Crippen LogP contribution in [0.2, 0.25) is 0 Å². The van der Waals surface area contributed by atoms with Crippen LogP contribution in [-0.2, 0) is 9.59 Å². The topological polar surface area (TPSA) is 98.7 Å². The number of thioether (sulfide) groups is 1. The quantitative estimate of drug-likeness (QED) is 0.327. The fourth-order valence-corrected chi connectivity index (χ4v) is 4.11. The first kappa shape index (κ1) is 22.0. The molecule has 0 atom stereocenters. The van der Waals surface area contributed by atoms with Gasteiger partial charge in [-0.2, -0.15) is 0 Å². The van der Waals surface area contributed by atoms with Crippen LogP contribution in [0.5, 0.6) is 5.75 Å². The summed E-state index contributed by atoms with van der Waals surface area (Å²) in [6.45, 7) is 0.0840. The number of phenolic OH excluding ortho intramolecular Hbond substituents is 1. The van der Waals surface area contributed by atoms with Gasteiger partial charge in [-0.15, -0.1) is 0 Å². The summed E-state index contributed by atoms with van der Waals surface area (Å²) in [7, 11) is 0. The van der Waals surface area contributed by atoms with E-state index in [2.05, 4.69) is 26.8 Å². The van der Waals surface area contributed by atoms with Crippen LogP contribution in [0.4, 0.5) is 0 Å². The molecule has 1 aliphatic heterocycles. The highest BCUT2D eigenvalue weighted by atomic mass is 79.9. The molecule has 2 aromatic carbocycles. The van der Waals surface area contributed by atoms with E-state index < -0.39 is 11.8 Å². The predicted octanol–water partition coefficient (Wildman–Crippen LogP) is 3.21. The predicted molar refractivity (Wildman–Crippen MR) is 122 cm³/mol. The van der Waals surface area contributed by atoms with Crippen LogP contribution in [0.1, 0.15) is 22.3 Å². The van der Waals surface area contributed by atoms with Crippen molar-refractivity contribution in [2.45, 2.75) is 6.42 Å². The highest BCUT2D eigenvalue weighted by Gasteiger charge is 2.32. The van der Waals surface area contributed by atoms with Gasteiger partial charge < -0.3 is 5.11 Å². The fourth-order valence-electron chi connectivity index (χ4n) is 2.54. The van der Waals surface area contributed by atoms with E-state index in [0.717, 1.165) is 10.0 Å². The summed E-state index contributed by atoms with van der Waals surface area (Å²) in [4.78, 5) is 38.5. The molecule has 1 fully saturated rings. The van der Waals surface area contributed by atoms with Crippen molar-refractivity contribution in [1.29, 1.82) is 0 Å². The van der Waals surface area contributed by atoms with Crippen molar-refractivity contribution in [2.75, 3.05) is 6.54 Å². The zero-order valence-electron chi connectivity index (χ0n) is 15.4. The van der Waals surface area contributed by atoms with Crippen LogP contribution in [-0.4, -0.2) is 38.6 Å². The largest absolute Gasteiger partial charge is 0.507 e. The maximum atomic E-state index is 12.6. The van der Waals surface area contributed by atoms with Gasteiger partial charge in [-0.1, -0.05) is 64.2 Å². The molecule has 10 heteroatoms. The van der Waals surface area contributed by atoms with Gasteiger partial charge >= 0.3 is 0 Å². The molecule has 0 bridgehead atoms. The zero-order valence-corrected chi connectivity index (χ0v) is 18.6. The lowest BCUT2D eigenvalue weighted by molar-refractivity contribution is -0.124. The minimum Gasteiger partial charge on any atom is -0.507 e. The first-order valence-corrected chi connectivity index (χ1v) is 10.7. The Morgan fingerprint density at radius 3 is 2.53 bits per heavy atom. The maximum absolute atomic E-state index is 12.6. The van der Waals surface area contributed by atoms with Crippen molar-refractivity contribution < 1.29 is 19.5 Å². The summed E-state index contributed by atoms with van der Waals surface area (Å²) in [6, 6.07) is 13.5. The summed E-state index contributed by atoms with van der Waals surface area (Å²) in [5.74, 6) is -1.60. The third-order valence-corrected chi connectivity index (χ3v) is 5.97. The molecule has 0 unspecified atom stereocenters. The number of hydrogen-bond acceptors (Lipinski definition) is 6. The Kier molecular flexibility index (Phi) is 7.24. The molecule has 30 heavy (non-hydrogen) atoms. The molecule has 0 saturated carbocycles. The molecule has 0 radical (unpaired) electrons. The second kappa shape index (κ2) is 9.88. The van der Waals surface area contributed by atoms with Crippen molar-refractivity contribution in [3.05, 3.63) is 69.0 Å². The molecule has 7 nitrogen and oxygen atoms in total. The average molecular weight is 506 g/mol. The fraction of sp³-hybridized carbons (Fsp3) is 0.100. The SMILES string of the molecule is O=C(CCN1C(=O)/C(=C\c2ccc(Br)cc2)SC1=S)NNC(=O)c1ccccc1O. The number of para-hydroxylation sites is 1. The lowest BCUT2D eigenvalue weighted by atomic mass is 10.2. The number of hydrazine groups is 1. The first-order valence-electron chi connectivity index (χ1n) is 8.73. The number of nitrogens with zero attached hydrogens (tertiary/aromatic N) is 1. The summed E-state index contributed by atoms with van der Waals surface area (Å²) >= 11 is 9.80. The number of nitrogens with one attached hydrogen (secondary N) is 2. The van der Waals surface area contributed by atoms with E-state index in [9.17, 15) is 19.5 Å². The Balaban J connectivity index is 1.52. The lowest BCUT2D eigenvalue weighted by Gasteiger charge is -2.14. The minimum absolute atomic E-state index is 0.0350. The minimum atomic E-state index is -0.649. The Bertz CT molecular complexity index is 1040. The molecule has 154 valence electrons.